The lowest BCUT2D eigenvalue weighted by molar-refractivity contribution is -0.137. The van der Waals surface area contributed by atoms with Crippen molar-refractivity contribution in [3.63, 3.8) is 0 Å². The van der Waals surface area contributed by atoms with E-state index in [0.29, 0.717) is 93.8 Å². The summed E-state index contributed by atoms with van der Waals surface area (Å²) in [6, 6.07) is 10.1. The maximum atomic E-state index is 14.5. The van der Waals surface area contributed by atoms with E-state index in [1.54, 1.807) is 26.8 Å². The molecular weight excluding hydrogens is 1080 g/mol. The first-order valence-electron chi connectivity index (χ1n) is 28.1. The van der Waals surface area contributed by atoms with Crippen LogP contribution < -0.4 is 29.1 Å². The Labute approximate surface area is 478 Å². The van der Waals surface area contributed by atoms with E-state index in [1.807, 2.05) is 30.0 Å². The Morgan fingerprint density at radius 3 is 1.77 bits per heavy atom. The number of alkyl halides is 6. The number of nitrogens with zero attached hydrogens (tertiary/aromatic N) is 15. The summed E-state index contributed by atoms with van der Waals surface area (Å²) >= 11 is 0. The smallest absolute Gasteiger partial charge is 0.419 e. The first-order valence-corrected chi connectivity index (χ1v) is 28.1. The van der Waals surface area contributed by atoms with Crippen molar-refractivity contribution in [3.8, 4) is 24.2 Å². The standard InChI is InChI=1S/C58H67F6N15O4/c1-5-51(80)78-24-22-76(31-40(78)11-16-65)53-44-14-20-74(49-13-18-67-29-46(49)58(62,63)64)33-47(44)68-56(71-53)83-36-43-26-39(30-73(43)4)37-9-10-38(28-57(59,60)61)50(27-37)75-21-15-45-48(34-75)69-55(82-35-42-8-7-19-72(42)3)70-54(45)77-23-25-79(52(81)6-2)41(32-77)12-17-66/h5-6,9-10,13,18,27,29,39-43H,1-2,7-8,11-12,14-15,19-26,28,30-36H2,3-4H3/t39?,40?,41?,42-,43-/m0/s1. The third kappa shape index (κ3) is 12.9. The molecule has 1 aromatic carbocycles. The van der Waals surface area contributed by atoms with Gasteiger partial charge in [-0.1, -0.05) is 25.3 Å². The average Bonchev–Trinajstić information content (AvgIpc) is 4.25. The topological polar surface area (TPSA) is 191 Å². The predicted molar refractivity (Wildman–Crippen MR) is 296 cm³/mol. The Bertz CT molecular complexity index is 3170. The molecule has 9 heterocycles. The van der Waals surface area contributed by atoms with Gasteiger partial charge in [-0.05, 0) is 94.1 Å². The van der Waals surface area contributed by atoms with E-state index in [0.717, 1.165) is 42.3 Å². The van der Waals surface area contributed by atoms with Gasteiger partial charge in [-0.15, -0.1) is 0 Å². The molecule has 0 aliphatic carbocycles. The van der Waals surface area contributed by atoms with Crippen LogP contribution in [-0.2, 0) is 48.1 Å². The number of hydrogen-bond donors (Lipinski definition) is 0. The van der Waals surface area contributed by atoms with Crippen molar-refractivity contribution in [2.75, 3.05) is 112 Å². The second kappa shape index (κ2) is 24.6. The minimum Gasteiger partial charge on any atom is -0.462 e. The molecule has 0 bridgehead atoms. The van der Waals surface area contributed by atoms with Gasteiger partial charge in [0.05, 0.1) is 79.2 Å². The van der Waals surface area contributed by atoms with Gasteiger partial charge < -0.3 is 43.8 Å². The first-order chi connectivity index (χ1) is 39.8. The molecule has 4 fully saturated rings. The maximum absolute atomic E-state index is 14.5. The summed E-state index contributed by atoms with van der Waals surface area (Å²) in [6.45, 7) is 12.0. The van der Waals surface area contributed by atoms with Crippen molar-refractivity contribution in [1.82, 2.24) is 44.5 Å². The van der Waals surface area contributed by atoms with Crippen LogP contribution >= 0.6 is 0 Å². The minimum absolute atomic E-state index is 0.00672. The highest BCUT2D eigenvalue weighted by Crippen LogP contribution is 2.42. The number of halogens is 6. The summed E-state index contributed by atoms with van der Waals surface area (Å²) in [6.07, 6.45) is -2.33. The predicted octanol–water partition coefficient (Wildman–Crippen LogP) is 6.48. The van der Waals surface area contributed by atoms with Crippen LogP contribution in [0, 0.1) is 22.7 Å². The Hall–Kier alpha value is -7.77. The Morgan fingerprint density at radius 1 is 0.687 bits per heavy atom. The molecule has 19 nitrogen and oxygen atoms in total. The molecule has 6 aliphatic heterocycles. The lowest BCUT2D eigenvalue weighted by Crippen LogP contribution is -2.55. The molecule has 4 saturated heterocycles. The molecule has 83 heavy (non-hydrogen) atoms. The number of fused-ring (bicyclic) bond motifs is 2. The highest BCUT2D eigenvalue weighted by molar-refractivity contribution is 5.88. The Balaban J connectivity index is 0.908. The summed E-state index contributed by atoms with van der Waals surface area (Å²) in [7, 11) is 3.99. The number of amides is 2. The zero-order valence-electron chi connectivity index (χ0n) is 46.6. The third-order valence-electron chi connectivity index (χ3n) is 17.1. The fourth-order valence-corrected chi connectivity index (χ4v) is 12.7. The number of aromatic nitrogens is 5. The van der Waals surface area contributed by atoms with E-state index >= 15 is 0 Å². The molecule has 0 spiro atoms. The van der Waals surface area contributed by atoms with Gasteiger partial charge in [0.15, 0.2) is 0 Å². The third-order valence-corrected chi connectivity index (χ3v) is 17.1. The maximum Gasteiger partial charge on any atom is 0.419 e. The molecule has 3 aromatic heterocycles. The van der Waals surface area contributed by atoms with Crippen LogP contribution in [0.25, 0.3) is 0 Å². The summed E-state index contributed by atoms with van der Waals surface area (Å²) in [4.78, 5) is 64.3. The van der Waals surface area contributed by atoms with Gasteiger partial charge >= 0.3 is 24.4 Å². The van der Waals surface area contributed by atoms with Crippen molar-refractivity contribution in [2.24, 2.45) is 0 Å². The molecule has 4 aromatic rings. The van der Waals surface area contributed by atoms with Gasteiger partial charge in [-0.2, -0.15) is 56.8 Å². The first kappa shape index (κ1) is 58.4. The van der Waals surface area contributed by atoms with Crippen LogP contribution in [0.1, 0.15) is 77.2 Å². The van der Waals surface area contributed by atoms with E-state index < -0.39 is 36.4 Å². The van der Waals surface area contributed by atoms with Gasteiger partial charge in [-0.25, -0.2) is 0 Å². The van der Waals surface area contributed by atoms with Crippen LogP contribution in [0.5, 0.6) is 12.0 Å². The largest absolute Gasteiger partial charge is 0.462 e. The molecule has 3 unspecified atom stereocenters. The quantitative estimate of drug-likeness (QED) is 0.0874. The molecule has 5 atom stereocenters. The number of piperazine rings is 2. The van der Waals surface area contributed by atoms with Gasteiger partial charge in [-0.3, -0.25) is 19.5 Å². The summed E-state index contributed by atoms with van der Waals surface area (Å²) in [5.41, 5.74) is 3.16. The van der Waals surface area contributed by atoms with Crippen LogP contribution in [0.4, 0.5) is 49.4 Å². The normalized spacial score (nSPS) is 22.4. The molecule has 2 amide bonds. The number of carbonyl (C=O) groups is 2. The summed E-state index contributed by atoms with van der Waals surface area (Å²) in [5, 5.41) is 19.5. The summed E-state index contributed by atoms with van der Waals surface area (Å²) in [5.74, 6) is 0.449. The second-order valence-electron chi connectivity index (χ2n) is 22.2. The fraction of sp³-hybridized carbons (Fsp3) is 0.534. The van der Waals surface area contributed by atoms with Crippen LogP contribution in [0.3, 0.4) is 0 Å². The monoisotopic (exact) mass is 1150 g/mol. The molecule has 0 N–H and O–H groups in total. The van der Waals surface area contributed by atoms with Gasteiger partial charge in [0, 0.05) is 100 Å². The number of carbonyl (C=O) groups excluding carboxylic acids is 2. The molecule has 0 radical (unpaired) electrons. The SMILES string of the molecule is C=CC(=O)N1CCN(c2nc(OC[C@@H]3CCCN3C)nc3c2CCN(c2cc(C4C[C@@H](COc5nc6c(c(N7CCN(C(=O)C=C)C(CC#N)C7)n5)CCN(c5ccncc5C(F)(F)F)C6)N(C)C4)ccc2CC(F)(F)F)C3)CC1CC#N. The summed E-state index contributed by atoms with van der Waals surface area (Å²) < 4.78 is 99.0. The van der Waals surface area contributed by atoms with Crippen molar-refractivity contribution >= 4 is 34.8 Å². The van der Waals surface area contributed by atoms with Gasteiger partial charge in [0.1, 0.15) is 24.8 Å². The van der Waals surface area contributed by atoms with Crippen molar-refractivity contribution in [1.29, 1.82) is 10.5 Å². The molecular formula is C58H67F6N15O4. The number of anilines is 4. The van der Waals surface area contributed by atoms with E-state index in [9.17, 15) is 46.5 Å². The zero-order valence-corrected chi connectivity index (χ0v) is 46.6. The number of hydrogen-bond acceptors (Lipinski definition) is 17. The number of likely N-dealkylation sites (N-methyl/N-ethyl adjacent to an activating group) is 2. The van der Waals surface area contributed by atoms with Crippen molar-refractivity contribution in [2.45, 2.75) is 107 Å². The van der Waals surface area contributed by atoms with Crippen LogP contribution in [0.2, 0.25) is 0 Å². The van der Waals surface area contributed by atoms with Crippen LogP contribution in [-0.4, -0.2) is 179 Å². The molecule has 440 valence electrons. The van der Waals surface area contributed by atoms with Gasteiger partial charge in [0.25, 0.3) is 0 Å². The average molecular weight is 1150 g/mol. The minimum atomic E-state index is -4.66. The lowest BCUT2D eigenvalue weighted by Gasteiger charge is -2.42. The zero-order chi connectivity index (χ0) is 58.7. The number of nitriles is 2. The molecule has 10 rings (SSSR count). The fourth-order valence-electron chi connectivity index (χ4n) is 12.7. The number of benzene rings is 1. The molecule has 25 heteroatoms. The Morgan fingerprint density at radius 2 is 1.25 bits per heavy atom. The van der Waals surface area contributed by atoms with E-state index in [-0.39, 0.29) is 105 Å². The van der Waals surface area contributed by atoms with Crippen molar-refractivity contribution in [3.05, 3.63) is 101 Å². The number of rotatable bonds is 16. The van der Waals surface area contributed by atoms with Gasteiger partial charge in [0.2, 0.25) is 11.8 Å². The van der Waals surface area contributed by atoms with Crippen LogP contribution in [0.15, 0.2) is 62.0 Å². The highest BCUT2D eigenvalue weighted by Gasteiger charge is 2.40. The van der Waals surface area contributed by atoms with Crippen molar-refractivity contribution < 1.29 is 45.4 Å². The number of likely N-dealkylation sites (tertiary alicyclic amines) is 2. The number of ether oxygens (including phenoxy) is 2. The highest BCUT2D eigenvalue weighted by atomic mass is 19.4. The molecule has 6 aliphatic rings. The number of pyridine rings is 1. The van der Waals surface area contributed by atoms with E-state index in [4.69, 9.17) is 29.4 Å². The lowest BCUT2D eigenvalue weighted by atomic mass is 9.93. The Kier molecular flexibility index (Phi) is 17.3. The van der Waals surface area contributed by atoms with E-state index in [1.165, 1.54) is 24.4 Å². The van der Waals surface area contributed by atoms with E-state index in [2.05, 4.69) is 45.0 Å². The molecule has 0 saturated carbocycles. The second-order valence-corrected chi connectivity index (χ2v) is 22.2.